The monoisotopic (exact) mass is 511 g/mol. The van der Waals surface area contributed by atoms with Crippen LogP contribution in [0.5, 0.6) is 0 Å². The molecule has 5 heteroatoms. The molecule has 7 rings (SSSR count). The van der Waals surface area contributed by atoms with E-state index >= 15 is 0 Å². The molecule has 0 aliphatic carbocycles. The van der Waals surface area contributed by atoms with Gasteiger partial charge in [0.25, 0.3) is 0 Å². The minimum atomic E-state index is -0.446. The summed E-state index contributed by atoms with van der Waals surface area (Å²) in [5.41, 5.74) is 2.93. The highest BCUT2D eigenvalue weighted by molar-refractivity contribution is 7.27. The van der Waals surface area contributed by atoms with Gasteiger partial charge in [-0.05, 0) is 72.6 Å². The number of fused-ring (bicyclic) bond motifs is 8. The van der Waals surface area contributed by atoms with Crippen LogP contribution in [0.2, 0.25) is 0 Å². The van der Waals surface area contributed by atoms with E-state index in [4.69, 9.17) is 9.31 Å². The first-order valence-corrected chi connectivity index (χ1v) is 13.7. The lowest BCUT2D eigenvalue weighted by Gasteiger charge is -2.32. The highest BCUT2D eigenvalue weighted by Gasteiger charge is 2.51. The van der Waals surface area contributed by atoms with Gasteiger partial charge < -0.3 is 9.31 Å². The number of thiophene rings is 1. The van der Waals surface area contributed by atoms with Crippen LogP contribution in [-0.2, 0) is 9.31 Å². The Morgan fingerprint density at radius 2 is 1.34 bits per heavy atom. The summed E-state index contributed by atoms with van der Waals surface area (Å²) in [5.74, 6) is 0. The van der Waals surface area contributed by atoms with Gasteiger partial charge in [0.05, 0.1) is 22.8 Å². The quantitative estimate of drug-likeness (QED) is 0.174. The largest absolute Gasteiger partial charge is 0.494 e. The van der Waals surface area contributed by atoms with Gasteiger partial charge in [-0.25, -0.2) is 0 Å². The van der Waals surface area contributed by atoms with Gasteiger partial charge in [0, 0.05) is 25.6 Å². The van der Waals surface area contributed by atoms with E-state index in [1.54, 1.807) is 11.3 Å². The highest BCUT2D eigenvalue weighted by Crippen LogP contribution is 2.47. The van der Waals surface area contributed by atoms with Crippen molar-refractivity contribution in [2.24, 2.45) is 0 Å². The van der Waals surface area contributed by atoms with Crippen molar-refractivity contribution in [3.8, 4) is 17.2 Å². The molecule has 2 heterocycles. The van der Waals surface area contributed by atoms with Crippen molar-refractivity contribution in [1.29, 1.82) is 5.26 Å². The van der Waals surface area contributed by atoms with Crippen molar-refractivity contribution in [3.05, 3.63) is 90.5 Å². The van der Waals surface area contributed by atoms with E-state index in [1.807, 2.05) is 12.1 Å². The van der Waals surface area contributed by atoms with Gasteiger partial charge in [0.2, 0.25) is 0 Å². The third kappa shape index (κ3) is 3.35. The first kappa shape index (κ1) is 23.4. The van der Waals surface area contributed by atoms with Crippen LogP contribution in [0.1, 0.15) is 33.3 Å². The summed E-state index contributed by atoms with van der Waals surface area (Å²) in [5, 5.41) is 17.4. The van der Waals surface area contributed by atoms with E-state index in [1.165, 1.54) is 37.0 Å². The number of hydrogen-bond donors (Lipinski definition) is 0. The van der Waals surface area contributed by atoms with E-state index < -0.39 is 18.3 Å². The molecule has 0 unspecified atom stereocenters. The lowest BCUT2D eigenvalue weighted by Crippen LogP contribution is -2.41. The molecular formula is C33H26BNO2S. The summed E-state index contributed by atoms with van der Waals surface area (Å²) < 4.78 is 15.1. The Morgan fingerprint density at radius 1 is 0.711 bits per heavy atom. The molecule has 3 nitrogen and oxygen atoms in total. The fraction of sp³-hybridized carbons (Fsp3) is 0.182. The molecule has 0 bridgehead atoms. The highest BCUT2D eigenvalue weighted by atomic mass is 32.1. The average molecular weight is 511 g/mol. The predicted molar refractivity (Wildman–Crippen MR) is 160 cm³/mol. The Bertz CT molecular complexity index is 1950. The summed E-state index contributed by atoms with van der Waals surface area (Å²) >= 11 is 1.77. The maximum atomic E-state index is 9.94. The van der Waals surface area contributed by atoms with E-state index in [-0.39, 0.29) is 0 Å². The first-order valence-electron chi connectivity index (χ1n) is 12.9. The Kier molecular flexibility index (Phi) is 5.03. The van der Waals surface area contributed by atoms with Crippen LogP contribution in [0.25, 0.3) is 52.8 Å². The van der Waals surface area contributed by atoms with Crippen LogP contribution < -0.4 is 5.46 Å². The van der Waals surface area contributed by atoms with Gasteiger partial charge >= 0.3 is 7.12 Å². The molecule has 184 valence electrons. The summed E-state index contributed by atoms with van der Waals surface area (Å²) in [6, 6.07) is 32.1. The number of nitriles is 1. The summed E-state index contributed by atoms with van der Waals surface area (Å²) in [6.45, 7) is 8.29. The minimum Gasteiger partial charge on any atom is -0.399 e. The van der Waals surface area contributed by atoms with Crippen molar-refractivity contribution in [1.82, 2.24) is 0 Å². The topological polar surface area (TPSA) is 42.2 Å². The van der Waals surface area contributed by atoms with Gasteiger partial charge in [0.1, 0.15) is 0 Å². The molecule has 5 aromatic carbocycles. The number of benzene rings is 5. The maximum absolute atomic E-state index is 9.94. The molecule has 0 atom stereocenters. The maximum Gasteiger partial charge on any atom is 0.494 e. The molecule has 0 N–H and O–H groups in total. The summed E-state index contributed by atoms with van der Waals surface area (Å²) in [6.07, 6.45) is 0. The zero-order valence-electron chi connectivity index (χ0n) is 21.8. The Hall–Kier alpha value is -3.69. The lowest BCUT2D eigenvalue weighted by atomic mass is 9.77. The van der Waals surface area contributed by atoms with E-state index in [2.05, 4.69) is 107 Å². The molecule has 1 aliphatic rings. The van der Waals surface area contributed by atoms with Crippen molar-refractivity contribution in [2.75, 3.05) is 0 Å². The lowest BCUT2D eigenvalue weighted by molar-refractivity contribution is 0.00578. The molecule has 1 fully saturated rings. The van der Waals surface area contributed by atoms with Crippen LogP contribution >= 0.6 is 11.3 Å². The first-order chi connectivity index (χ1) is 18.3. The minimum absolute atomic E-state index is 0.412. The average Bonchev–Trinajstić information content (AvgIpc) is 3.42. The Labute approximate surface area is 226 Å². The number of rotatable bonds is 2. The standard InChI is InChI=1S/C33H26BNO2S/c1-32(2)33(3,4)37-34(36-32)22-11-9-10-21(18-22)27-16-20(19-35)17-28-29(27)30-25-14-7-5-12-23(25)24-13-6-8-15-26(24)31(30)38-28/h5-18H,1-4H3. The molecule has 1 aromatic heterocycles. The molecule has 1 saturated heterocycles. The molecule has 1 aliphatic heterocycles. The van der Waals surface area contributed by atoms with Crippen molar-refractivity contribution in [2.45, 2.75) is 38.9 Å². The van der Waals surface area contributed by atoms with Crippen LogP contribution in [0.4, 0.5) is 0 Å². The second-order valence-electron chi connectivity index (χ2n) is 11.1. The molecule has 38 heavy (non-hydrogen) atoms. The van der Waals surface area contributed by atoms with Crippen molar-refractivity contribution >= 4 is 65.6 Å². The third-order valence-electron chi connectivity index (χ3n) is 8.30. The van der Waals surface area contributed by atoms with Crippen LogP contribution in [0.15, 0.2) is 84.9 Å². The van der Waals surface area contributed by atoms with E-state index in [0.29, 0.717) is 5.56 Å². The second-order valence-corrected chi connectivity index (χ2v) is 12.2. The Morgan fingerprint density at radius 3 is 2.03 bits per heavy atom. The molecule has 6 aromatic rings. The number of hydrogen-bond acceptors (Lipinski definition) is 4. The molecular weight excluding hydrogens is 485 g/mol. The third-order valence-corrected chi connectivity index (χ3v) is 9.47. The van der Waals surface area contributed by atoms with E-state index in [0.717, 1.165) is 21.3 Å². The predicted octanol–water partition coefficient (Wildman–Crippen LogP) is 8.20. The number of nitrogens with zero attached hydrogens (tertiary/aromatic N) is 1. The van der Waals surface area contributed by atoms with Gasteiger partial charge in [-0.2, -0.15) is 5.26 Å². The normalized spacial score (nSPS) is 16.6. The molecule has 0 amide bonds. The van der Waals surface area contributed by atoms with Crippen LogP contribution in [0.3, 0.4) is 0 Å². The van der Waals surface area contributed by atoms with Crippen LogP contribution in [-0.4, -0.2) is 18.3 Å². The molecule has 0 saturated carbocycles. The SMILES string of the molecule is CC1(C)OB(c2cccc(-c3cc(C#N)cc4sc5c6ccccc6c6ccccc6c5c34)c2)OC1(C)C. The second kappa shape index (κ2) is 8.15. The van der Waals surface area contributed by atoms with Crippen molar-refractivity contribution in [3.63, 3.8) is 0 Å². The zero-order valence-corrected chi connectivity index (χ0v) is 22.6. The van der Waals surface area contributed by atoms with E-state index in [9.17, 15) is 5.26 Å². The van der Waals surface area contributed by atoms with Crippen LogP contribution in [0, 0.1) is 11.3 Å². The summed E-state index contributed by atoms with van der Waals surface area (Å²) in [4.78, 5) is 0. The van der Waals surface area contributed by atoms with Crippen molar-refractivity contribution < 1.29 is 9.31 Å². The zero-order chi connectivity index (χ0) is 26.2. The smallest absolute Gasteiger partial charge is 0.399 e. The van der Waals surface area contributed by atoms with Gasteiger partial charge in [-0.15, -0.1) is 11.3 Å². The fourth-order valence-corrected chi connectivity index (χ4v) is 6.97. The van der Waals surface area contributed by atoms with Gasteiger partial charge in [0.15, 0.2) is 0 Å². The Balaban J connectivity index is 1.54. The fourth-order valence-electron chi connectivity index (χ4n) is 5.65. The molecule has 0 spiro atoms. The van der Waals surface area contributed by atoms with Gasteiger partial charge in [-0.1, -0.05) is 72.8 Å². The molecule has 0 radical (unpaired) electrons. The summed E-state index contributed by atoms with van der Waals surface area (Å²) in [7, 11) is -0.446. The van der Waals surface area contributed by atoms with Gasteiger partial charge in [-0.3, -0.25) is 0 Å².